The lowest BCUT2D eigenvalue weighted by atomic mass is 9.92. The van der Waals surface area contributed by atoms with Crippen LogP contribution < -0.4 is 15.3 Å². The molecule has 0 radical (unpaired) electrons. The summed E-state index contributed by atoms with van der Waals surface area (Å²) in [5.41, 5.74) is 0.949. The van der Waals surface area contributed by atoms with E-state index in [1.165, 1.54) is 17.0 Å². The molecule has 2 heterocycles. The average Bonchev–Trinajstić information content (AvgIpc) is 2.94. The minimum Gasteiger partial charge on any atom is -0.505 e. The Labute approximate surface area is 201 Å². The van der Waals surface area contributed by atoms with Crippen molar-refractivity contribution in [2.24, 2.45) is 10.2 Å². The number of nitrogens with one attached hydrogen (secondary N) is 2. The third kappa shape index (κ3) is 5.43. The molecule has 0 saturated heterocycles. The summed E-state index contributed by atoms with van der Waals surface area (Å²) in [6.45, 7) is 10.2. The standard InChI is InChI=1S/C22H31N4O6PS/c1-7-16-19(27)18(21(28)26(16)12-11-22(3,4)5)20-23-15-10-9-14(25-34(6,30)31)13-17(15)33(29,24-20)32-8-2/h7,9-10,13,25,29H,8,11-12H2,1-6H3,(H-,23,24,27,28)/p+1/b16-7+. The third-order valence-corrected chi connectivity index (χ3v) is 7.93. The second kappa shape index (κ2) is 9.30. The highest BCUT2D eigenvalue weighted by atomic mass is 32.2. The van der Waals surface area contributed by atoms with Crippen molar-refractivity contribution in [3.63, 3.8) is 0 Å². The smallest absolute Gasteiger partial charge is 0.432 e. The van der Waals surface area contributed by atoms with Gasteiger partial charge in [0, 0.05) is 12.6 Å². The van der Waals surface area contributed by atoms with Gasteiger partial charge in [0.15, 0.2) is 11.6 Å². The first kappa shape index (κ1) is 26.2. The van der Waals surface area contributed by atoms with Gasteiger partial charge in [0.2, 0.25) is 15.3 Å². The maximum atomic E-state index is 13.4. The highest BCUT2D eigenvalue weighted by Gasteiger charge is 2.51. The molecule has 0 fully saturated rings. The lowest BCUT2D eigenvalue weighted by Crippen LogP contribution is -2.34. The Kier molecular flexibility index (Phi) is 7.15. The number of amidine groups is 1. The Hall–Kier alpha value is -2.46. The van der Waals surface area contributed by atoms with Gasteiger partial charge in [-0.2, -0.15) is 9.42 Å². The molecule has 2 aliphatic heterocycles. The molecule has 1 aromatic rings. The van der Waals surface area contributed by atoms with E-state index in [1.54, 1.807) is 26.0 Å². The van der Waals surface area contributed by atoms with Crippen molar-refractivity contribution in [1.29, 1.82) is 0 Å². The van der Waals surface area contributed by atoms with E-state index < -0.39 is 23.8 Å². The molecule has 0 bridgehead atoms. The van der Waals surface area contributed by atoms with Gasteiger partial charge in [-0.3, -0.25) is 9.52 Å². The zero-order chi connectivity index (χ0) is 25.5. The van der Waals surface area contributed by atoms with Crippen molar-refractivity contribution in [1.82, 2.24) is 4.90 Å². The van der Waals surface area contributed by atoms with E-state index in [0.29, 0.717) is 24.4 Å². The molecule has 2 aliphatic rings. The zero-order valence-electron chi connectivity index (χ0n) is 20.2. The van der Waals surface area contributed by atoms with Gasteiger partial charge in [0.05, 0.1) is 29.9 Å². The fourth-order valence-electron chi connectivity index (χ4n) is 3.67. The number of carbonyl (C=O) groups is 1. The molecule has 34 heavy (non-hydrogen) atoms. The molecule has 0 saturated carbocycles. The first-order valence-corrected chi connectivity index (χ1v) is 14.4. The predicted molar refractivity (Wildman–Crippen MR) is 136 cm³/mol. The van der Waals surface area contributed by atoms with Crippen molar-refractivity contribution in [2.75, 3.05) is 29.4 Å². The van der Waals surface area contributed by atoms with E-state index in [2.05, 4.69) is 35.6 Å². The van der Waals surface area contributed by atoms with E-state index in [9.17, 15) is 23.2 Å². The quantitative estimate of drug-likeness (QED) is 0.412. The van der Waals surface area contributed by atoms with Crippen molar-refractivity contribution >= 4 is 46.3 Å². The van der Waals surface area contributed by atoms with Crippen LogP contribution in [-0.2, 0) is 19.3 Å². The number of amides is 1. The van der Waals surface area contributed by atoms with Gasteiger partial charge in [-0.1, -0.05) is 26.8 Å². The molecule has 1 atom stereocenters. The number of rotatable bonds is 7. The van der Waals surface area contributed by atoms with Gasteiger partial charge in [-0.15, -0.1) is 0 Å². The van der Waals surface area contributed by atoms with Crippen molar-refractivity contribution in [3.05, 3.63) is 41.3 Å². The van der Waals surface area contributed by atoms with Gasteiger partial charge in [-0.25, -0.2) is 8.42 Å². The van der Waals surface area contributed by atoms with Crippen molar-refractivity contribution in [2.45, 2.75) is 41.0 Å². The van der Waals surface area contributed by atoms with Gasteiger partial charge in [0.25, 0.3) is 5.91 Å². The number of hydrogen-bond acceptors (Lipinski definition) is 8. The molecular weight excluding hydrogens is 479 g/mol. The topological polar surface area (TPSA) is 141 Å². The van der Waals surface area contributed by atoms with Crippen LogP contribution >= 0.6 is 7.87 Å². The van der Waals surface area contributed by atoms with Gasteiger partial charge >= 0.3 is 7.87 Å². The SMILES string of the molecule is C/C=C1\C(O)=C(C2=N[P+](O)(OCC)c3cc(NS(C)(=O)=O)ccc3N2)C(=O)N1CCC(C)(C)C. The molecule has 1 unspecified atom stereocenters. The molecular formula is C22H32N4O6PS+. The summed E-state index contributed by atoms with van der Waals surface area (Å²) in [4.78, 5) is 26.2. The molecule has 1 amide bonds. The summed E-state index contributed by atoms with van der Waals surface area (Å²) >= 11 is 0. The zero-order valence-corrected chi connectivity index (χ0v) is 21.9. The highest BCUT2D eigenvalue weighted by molar-refractivity contribution is 7.92. The number of aliphatic hydroxyl groups is 1. The average molecular weight is 512 g/mol. The number of aliphatic hydroxyl groups excluding tert-OH is 1. The number of fused-ring (bicyclic) bond motifs is 1. The molecule has 12 heteroatoms. The van der Waals surface area contributed by atoms with Gasteiger partial charge in [0.1, 0.15) is 5.57 Å². The lowest BCUT2D eigenvalue weighted by Gasteiger charge is -2.25. The Bertz CT molecular complexity index is 1200. The minimum atomic E-state index is -3.64. The maximum Gasteiger partial charge on any atom is 0.432 e. The molecule has 186 valence electrons. The Balaban J connectivity index is 2.04. The van der Waals surface area contributed by atoms with Gasteiger partial charge in [-0.05, 0) is 42.6 Å². The summed E-state index contributed by atoms with van der Waals surface area (Å²) in [6.07, 6.45) is 3.40. The molecule has 0 aliphatic carbocycles. The van der Waals surface area contributed by atoms with Crippen LogP contribution in [0.15, 0.2) is 46.1 Å². The first-order valence-electron chi connectivity index (χ1n) is 10.9. The summed E-state index contributed by atoms with van der Waals surface area (Å²) in [7, 11) is -7.18. The Morgan fingerprint density at radius 1 is 1.32 bits per heavy atom. The maximum absolute atomic E-state index is 13.4. The largest absolute Gasteiger partial charge is 0.505 e. The first-order chi connectivity index (χ1) is 15.7. The van der Waals surface area contributed by atoms with Crippen LogP contribution in [0.5, 0.6) is 0 Å². The molecule has 1 aromatic carbocycles. The van der Waals surface area contributed by atoms with Crippen LogP contribution in [0, 0.1) is 5.41 Å². The second-order valence-corrected chi connectivity index (χ2v) is 13.1. The summed E-state index contributed by atoms with van der Waals surface area (Å²) in [5, 5.41) is 14.2. The van der Waals surface area contributed by atoms with Crippen LogP contribution in [0.1, 0.15) is 41.0 Å². The van der Waals surface area contributed by atoms with Crippen LogP contribution in [-0.4, -0.2) is 54.5 Å². The number of hydrogen-bond donors (Lipinski definition) is 4. The van der Waals surface area contributed by atoms with Crippen LogP contribution in [0.4, 0.5) is 11.4 Å². The Morgan fingerprint density at radius 3 is 2.56 bits per heavy atom. The highest BCUT2D eigenvalue weighted by Crippen LogP contribution is 2.60. The number of sulfonamides is 1. The predicted octanol–water partition coefficient (Wildman–Crippen LogP) is 3.29. The number of benzene rings is 1. The summed E-state index contributed by atoms with van der Waals surface area (Å²) in [6, 6.07) is 4.53. The molecule has 0 aromatic heterocycles. The fraction of sp³-hybridized carbons (Fsp3) is 0.455. The van der Waals surface area contributed by atoms with Crippen LogP contribution in [0.2, 0.25) is 0 Å². The minimum absolute atomic E-state index is 0.000661. The lowest BCUT2D eigenvalue weighted by molar-refractivity contribution is -0.124. The van der Waals surface area contributed by atoms with E-state index in [1.807, 2.05) is 0 Å². The van der Waals surface area contributed by atoms with E-state index in [4.69, 9.17) is 4.52 Å². The van der Waals surface area contributed by atoms with Gasteiger partial charge < -0.3 is 15.3 Å². The van der Waals surface area contributed by atoms with Crippen molar-refractivity contribution in [3.8, 4) is 0 Å². The number of allylic oxidation sites excluding steroid dienone is 1. The number of nitrogens with zero attached hydrogens (tertiary/aromatic N) is 2. The molecule has 0 spiro atoms. The third-order valence-electron chi connectivity index (χ3n) is 5.24. The Morgan fingerprint density at radius 2 is 2.00 bits per heavy atom. The molecule has 3 rings (SSSR count). The van der Waals surface area contributed by atoms with Crippen LogP contribution in [0.3, 0.4) is 0 Å². The summed E-state index contributed by atoms with van der Waals surface area (Å²) in [5.74, 6) is -0.654. The van der Waals surface area contributed by atoms with E-state index in [0.717, 1.165) is 6.26 Å². The van der Waals surface area contributed by atoms with E-state index >= 15 is 0 Å². The van der Waals surface area contributed by atoms with Crippen LogP contribution in [0.25, 0.3) is 0 Å². The van der Waals surface area contributed by atoms with Crippen molar-refractivity contribution < 1.29 is 27.7 Å². The second-order valence-electron chi connectivity index (χ2n) is 9.31. The summed E-state index contributed by atoms with van der Waals surface area (Å²) < 4.78 is 35.6. The fourth-order valence-corrected chi connectivity index (χ4v) is 6.06. The molecule has 10 nitrogen and oxygen atoms in total. The van der Waals surface area contributed by atoms with E-state index in [-0.39, 0.29) is 40.2 Å². The monoisotopic (exact) mass is 511 g/mol. The molecule has 4 N–H and O–H groups in total. The number of carbonyl (C=O) groups excluding carboxylic acids is 1. The number of anilines is 2. The normalized spacial score (nSPS) is 22.1.